The minimum Gasteiger partial charge on any atom is -0.469 e. The third-order valence-corrected chi connectivity index (χ3v) is 1.03. The first-order valence-electron chi connectivity index (χ1n) is 3.45. The van der Waals surface area contributed by atoms with Gasteiger partial charge in [0.05, 0.1) is 20.1 Å². The topological polar surface area (TPSA) is 35.5 Å². The molecule has 0 N–H and O–H groups in total. The fourth-order valence-corrected chi connectivity index (χ4v) is 0.504. The van der Waals surface area contributed by atoms with Crippen molar-refractivity contribution < 1.29 is 14.3 Å². The van der Waals surface area contributed by atoms with E-state index in [4.69, 9.17) is 4.74 Å². The highest BCUT2D eigenvalue weighted by Gasteiger charge is 1.97. The van der Waals surface area contributed by atoms with Crippen molar-refractivity contribution >= 4 is 5.97 Å². The van der Waals surface area contributed by atoms with Gasteiger partial charge in [0, 0.05) is 6.61 Å². The molecule has 0 saturated carbocycles. The quantitative estimate of drug-likeness (QED) is 0.455. The van der Waals surface area contributed by atoms with E-state index in [1.165, 1.54) is 7.11 Å². The molecular formula is C8H18O3. The van der Waals surface area contributed by atoms with Crippen molar-refractivity contribution in [3.05, 3.63) is 0 Å². The molecule has 0 rings (SSSR count). The smallest absolute Gasteiger partial charge is 0.307 e. The second-order valence-corrected chi connectivity index (χ2v) is 1.94. The molecule has 3 heteroatoms. The fourth-order valence-electron chi connectivity index (χ4n) is 0.504. The molecule has 0 aliphatic carbocycles. The second-order valence-electron chi connectivity index (χ2n) is 1.94. The Kier molecular flexibility index (Phi) is 11.2. The third-order valence-electron chi connectivity index (χ3n) is 1.03. The van der Waals surface area contributed by atoms with E-state index in [1.54, 1.807) is 0 Å². The second kappa shape index (κ2) is 9.43. The fraction of sp³-hybridized carbons (Fsp3) is 0.875. The molecule has 0 aromatic heterocycles. The summed E-state index contributed by atoms with van der Waals surface area (Å²) < 4.78 is 9.47. The predicted molar refractivity (Wildman–Crippen MR) is 44.5 cm³/mol. The molecule has 0 aromatic rings. The van der Waals surface area contributed by atoms with Crippen LogP contribution in [0.25, 0.3) is 0 Å². The standard InChI is InChI=1S/C7H14O3.CH4/c1-3-5-10-6-4-7(8)9-2;/h3-6H2,1-2H3;1H4. The van der Waals surface area contributed by atoms with Crippen molar-refractivity contribution in [2.24, 2.45) is 0 Å². The average molecular weight is 162 g/mol. The molecule has 0 aliphatic rings. The maximum absolute atomic E-state index is 10.5. The van der Waals surface area contributed by atoms with Gasteiger partial charge in [0.2, 0.25) is 0 Å². The first-order chi connectivity index (χ1) is 4.81. The van der Waals surface area contributed by atoms with E-state index in [2.05, 4.69) is 4.74 Å². The van der Waals surface area contributed by atoms with E-state index in [9.17, 15) is 4.79 Å². The van der Waals surface area contributed by atoms with Crippen molar-refractivity contribution in [2.45, 2.75) is 27.2 Å². The SMILES string of the molecule is C.CCCOCCC(=O)OC. The van der Waals surface area contributed by atoms with Crippen LogP contribution >= 0.6 is 0 Å². The lowest BCUT2D eigenvalue weighted by atomic mass is 10.4. The normalized spacial score (nSPS) is 8.55. The number of carbonyl (C=O) groups excluding carboxylic acids is 1. The zero-order valence-electron chi connectivity index (χ0n) is 6.55. The number of methoxy groups -OCH3 is 1. The summed E-state index contributed by atoms with van der Waals surface area (Å²) in [5.41, 5.74) is 0. The first-order valence-corrected chi connectivity index (χ1v) is 3.45. The lowest BCUT2D eigenvalue weighted by Gasteiger charge is -1.99. The number of esters is 1. The Morgan fingerprint density at radius 1 is 1.36 bits per heavy atom. The monoisotopic (exact) mass is 162 g/mol. The van der Waals surface area contributed by atoms with Crippen LogP contribution in [0.5, 0.6) is 0 Å². The number of rotatable bonds is 5. The molecule has 68 valence electrons. The van der Waals surface area contributed by atoms with Gasteiger partial charge in [-0.2, -0.15) is 0 Å². The van der Waals surface area contributed by atoms with Crippen molar-refractivity contribution in [3.63, 3.8) is 0 Å². The molecular weight excluding hydrogens is 144 g/mol. The van der Waals surface area contributed by atoms with Crippen LogP contribution in [-0.4, -0.2) is 26.3 Å². The summed E-state index contributed by atoms with van der Waals surface area (Å²) in [6, 6.07) is 0. The Bertz CT molecular complexity index is 91.3. The van der Waals surface area contributed by atoms with Crippen LogP contribution in [0.1, 0.15) is 27.2 Å². The van der Waals surface area contributed by atoms with E-state index >= 15 is 0 Å². The highest BCUT2D eigenvalue weighted by Crippen LogP contribution is 1.87. The van der Waals surface area contributed by atoms with Crippen molar-refractivity contribution in [2.75, 3.05) is 20.3 Å². The van der Waals surface area contributed by atoms with Crippen molar-refractivity contribution in [1.29, 1.82) is 0 Å². The Labute approximate surface area is 68.7 Å². The van der Waals surface area contributed by atoms with Gasteiger partial charge in [0.1, 0.15) is 0 Å². The largest absolute Gasteiger partial charge is 0.469 e. The summed E-state index contributed by atoms with van der Waals surface area (Å²) >= 11 is 0. The van der Waals surface area contributed by atoms with Gasteiger partial charge in [0.25, 0.3) is 0 Å². The van der Waals surface area contributed by atoms with Crippen LogP contribution in [0.15, 0.2) is 0 Å². The average Bonchev–Trinajstić information content (AvgIpc) is 1.98. The van der Waals surface area contributed by atoms with Crippen LogP contribution in [0.3, 0.4) is 0 Å². The van der Waals surface area contributed by atoms with E-state index in [-0.39, 0.29) is 13.4 Å². The van der Waals surface area contributed by atoms with Gasteiger partial charge in [-0.05, 0) is 6.42 Å². The zero-order chi connectivity index (χ0) is 7.82. The molecule has 0 bridgehead atoms. The zero-order valence-corrected chi connectivity index (χ0v) is 6.55. The van der Waals surface area contributed by atoms with Crippen molar-refractivity contribution in [3.8, 4) is 0 Å². The molecule has 0 spiro atoms. The predicted octanol–water partition coefficient (Wildman–Crippen LogP) is 1.61. The molecule has 0 saturated heterocycles. The molecule has 0 fully saturated rings. The highest BCUT2D eigenvalue weighted by atomic mass is 16.5. The third kappa shape index (κ3) is 9.43. The number of hydrogen-bond acceptors (Lipinski definition) is 3. The summed E-state index contributed by atoms with van der Waals surface area (Å²) in [7, 11) is 1.38. The van der Waals surface area contributed by atoms with Crippen molar-refractivity contribution in [1.82, 2.24) is 0 Å². The number of ether oxygens (including phenoxy) is 2. The summed E-state index contributed by atoms with van der Waals surface area (Å²) in [6.07, 6.45) is 1.34. The van der Waals surface area contributed by atoms with Gasteiger partial charge in [0.15, 0.2) is 0 Å². The minimum absolute atomic E-state index is 0. The van der Waals surface area contributed by atoms with Crippen LogP contribution < -0.4 is 0 Å². The van der Waals surface area contributed by atoms with Gasteiger partial charge < -0.3 is 9.47 Å². The van der Waals surface area contributed by atoms with Gasteiger partial charge >= 0.3 is 5.97 Å². The molecule has 0 aromatic carbocycles. The Balaban J connectivity index is 0. The molecule has 0 atom stereocenters. The van der Waals surface area contributed by atoms with E-state index in [0.717, 1.165) is 13.0 Å². The van der Waals surface area contributed by atoms with E-state index in [0.29, 0.717) is 13.0 Å². The van der Waals surface area contributed by atoms with Crippen LogP contribution in [0.4, 0.5) is 0 Å². The number of carbonyl (C=O) groups is 1. The van der Waals surface area contributed by atoms with Crippen LogP contribution in [0, 0.1) is 0 Å². The maximum atomic E-state index is 10.5. The molecule has 0 radical (unpaired) electrons. The number of hydrogen-bond donors (Lipinski definition) is 0. The van der Waals surface area contributed by atoms with Gasteiger partial charge in [-0.3, -0.25) is 4.79 Å². The Morgan fingerprint density at radius 2 is 2.00 bits per heavy atom. The van der Waals surface area contributed by atoms with Crippen LogP contribution in [-0.2, 0) is 14.3 Å². The summed E-state index contributed by atoms with van der Waals surface area (Å²) in [5, 5.41) is 0. The highest BCUT2D eigenvalue weighted by molar-refractivity contribution is 5.69. The molecule has 0 heterocycles. The molecule has 0 unspecified atom stereocenters. The first kappa shape index (κ1) is 13.1. The lowest BCUT2D eigenvalue weighted by Crippen LogP contribution is -2.05. The molecule has 0 amide bonds. The van der Waals surface area contributed by atoms with Gasteiger partial charge in [-0.15, -0.1) is 0 Å². The lowest BCUT2D eigenvalue weighted by molar-refractivity contribution is -0.141. The minimum atomic E-state index is -0.212. The molecule has 0 aliphatic heterocycles. The maximum Gasteiger partial charge on any atom is 0.307 e. The van der Waals surface area contributed by atoms with Gasteiger partial charge in [-0.25, -0.2) is 0 Å². The van der Waals surface area contributed by atoms with Crippen LogP contribution in [0.2, 0.25) is 0 Å². The molecule has 11 heavy (non-hydrogen) atoms. The summed E-state index contributed by atoms with van der Waals surface area (Å²) in [5.74, 6) is -0.212. The van der Waals surface area contributed by atoms with Gasteiger partial charge in [-0.1, -0.05) is 14.4 Å². The molecule has 3 nitrogen and oxygen atoms in total. The summed E-state index contributed by atoms with van der Waals surface area (Å²) in [6.45, 7) is 3.22. The Hall–Kier alpha value is -0.570. The van der Waals surface area contributed by atoms with E-state index in [1.807, 2.05) is 6.92 Å². The van der Waals surface area contributed by atoms with E-state index < -0.39 is 0 Å². The summed E-state index contributed by atoms with van der Waals surface area (Å²) in [4.78, 5) is 10.5. The Morgan fingerprint density at radius 3 is 2.45 bits per heavy atom.